The lowest BCUT2D eigenvalue weighted by molar-refractivity contribution is -0.153. The van der Waals surface area contributed by atoms with Gasteiger partial charge in [-0.2, -0.15) is 0 Å². The number of hydrogen-bond acceptors (Lipinski definition) is 6. The molecule has 1 spiro atoms. The van der Waals surface area contributed by atoms with Gasteiger partial charge in [-0.1, -0.05) is 24.3 Å². The summed E-state index contributed by atoms with van der Waals surface area (Å²) < 4.78 is 4.58. The number of carbonyl (C=O) groups excluding carboxylic acids is 3. The lowest BCUT2D eigenvalue weighted by Crippen LogP contribution is -2.59. The van der Waals surface area contributed by atoms with Crippen LogP contribution in [0.15, 0.2) is 24.3 Å². The Labute approximate surface area is 181 Å². The highest BCUT2D eigenvalue weighted by molar-refractivity contribution is 8.02. The monoisotopic (exact) mass is 434 g/mol. The van der Waals surface area contributed by atoms with Gasteiger partial charge in [0.2, 0.25) is 11.8 Å². The Balaban J connectivity index is 1.87. The van der Waals surface area contributed by atoms with Gasteiger partial charge in [0.05, 0.1) is 35.8 Å². The first kappa shape index (κ1) is 21.4. The van der Waals surface area contributed by atoms with Crippen LogP contribution in [0.25, 0.3) is 0 Å². The Bertz CT molecular complexity index is 819. The quantitative estimate of drug-likeness (QED) is 0.522. The summed E-state index contributed by atoms with van der Waals surface area (Å²) in [5, 5.41) is 9.64. The number of carbonyl (C=O) groups is 3. The topological polar surface area (TPSA) is 87.2 Å². The standard InChI is InChI=1S/C22H30N2O5S/c1-13(12-25)24-17-19(27)23(21(2,3)4)10-7-9-22(17)16(18(24)26)15-14(30-22)8-5-6-11-29-20(15)28/h5,7-9,13-17,25H,6,10-12H2,1-4H3/t13-,14+,15-,16+,17?,22+/m1/s1. The molecule has 0 aromatic heterocycles. The number of aliphatic hydroxyl groups is 1. The third-order valence-corrected chi connectivity index (χ3v) is 8.35. The van der Waals surface area contributed by atoms with Crippen molar-refractivity contribution in [2.45, 2.75) is 61.7 Å². The van der Waals surface area contributed by atoms with Crippen LogP contribution in [-0.2, 0) is 19.1 Å². The third kappa shape index (κ3) is 3.02. The highest BCUT2D eigenvalue weighted by Crippen LogP contribution is 2.61. The summed E-state index contributed by atoms with van der Waals surface area (Å²) in [6.45, 7) is 8.15. The zero-order valence-corrected chi connectivity index (χ0v) is 18.7. The van der Waals surface area contributed by atoms with Crippen LogP contribution in [0.5, 0.6) is 0 Å². The van der Waals surface area contributed by atoms with Gasteiger partial charge in [-0.05, 0) is 34.1 Å². The largest absolute Gasteiger partial charge is 0.465 e. The molecule has 7 nitrogen and oxygen atoms in total. The molecule has 2 saturated heterocycles. The van der Waals surface area contributed by atoms with Crippen molar-refractivity contribution in [2.75, 3.05) is 19.8 Å². The van der Waals surface area contributed by atoms with Crippen molar-refractivity contribution in [3.8, 4) is 0 Å². The molecule has 1 N–H and O–H groups in total. The van der Waals surface area contributed by atoms with Gasteiger partial charge in [-0.15, -0.1) is 11.8 Å². The Morgan fingerprint density at radius 3 is 2.67 bits per heavy atom. The van der Waals surface area contributed by atoms with Crippen LogP contribution in [0.3, 0.4) is 0 Å². The fourth-order valence-corrected chi connectivity index (χ4v) is 7.20. The van der Waals surface area contributed by atoms with E-state index in [0.29, 0.717) is 19.6 Å². The predicted octanol–water partition coefficient (Wildman–Crippen LogP) is 1.36. The number of esters is 1. The van der Waals surface area contributed by atoms with Crippen LogP contribution < -0.4 is 0 Å². The molecule has 2 amide bonds. The Morgan fingerprint density at radius 2 is 2.00 bits per heavy atom. The maximum atomic E-state index is 13.9. The number of likely N-dealkylation sites (tertiary alicyclic amines) is 1. The number of amides is 2. The fourth-order valence-electron chi connectivity index (χ4n) is 5.21. The Hall–Kier alpha value is -1.80. The van der Waals surface area contributed by atoms with E-state index < -0.39 is 34.2 Å². The number of thioether (sulfide) groups is 1. The van der Waals surface area contributed by atoms with Crippen molar-refractivity contribution in [3.05, 3.63) is 24.3 Å². The van der Waals surface area contributed by atoms with Crippen molar-refractivity contribution < 1.29 is 24.2 Å². The second-order valence-corrected chi connectivity index (χ2v) is 11.0. The van der Waals surface area contributed by atoms with E-state index in [-0.39, 0.29) is 29.6 Å². The molecule has 0 aromatic carbocycles. The van der Waals surface area contributed by atoms with Crippen LogP contribution in [0, 0.1) is 11.8 Å². The molecule has 6 atom stereocenters. The zero-order valence-electron chi connectivity index (χ0n) is 17.9. The van der Waals surface area contributed by atoms with Crippen LogP contribution in [-0.4, -0.2) is 80.1 Å². The van der Waals surface area contributed by atoms with Gasteiger partial charge < -0.3 is 19.6 Å². The van der Waals surface area contributed by atoms with Gasteiger partial charge in [-0.25, -0.2) is 0 Å². The predicted molar refractivity (Wildman–Crippen MR) is 114 cm³/mol. The van der Waals surface area contributed by atoms with Crippen molar-refractivity contribution in [1.82, 2.24) is 9.80 Å². The van der Waals surface area contributed by atoms with Crippen molar-refractivity contribution in [1.29, 1.82) is 0 Å². The maximum Gasteiger partial charge on any atom is 0.311 e. The smallest absolute Gasteiger partial charge is 0.311 e. The summed E-state index contributed by atoms with van der Waals surface area (Å²) in [6, 6.07) is -1.30. The highest BCUT2D eigenvalue weighted by Gasteiger charge is 2.71. The summed E-state index contributed by atoms with van der Waals surface area (Å²) in [5.74, 6) is -2.09. The second kappa shape index (κ2) is 7.41. The van der Waals surface area contributed by atoms with Crippen LogP contribution in [0.2, 0.25) is 0 Å². The van der Waals surface area contributed by atoms with E-state index in [1.54, 1.807) is 11.8 Å². The van der Waals surface area contributed by atoms with E-state index in [9.17, 15) is 19.5 Å². The molecule has 2 fully saturated rings. The van der Waals surface area contributed by atoms with Crippen molar-refractivity contribution >= 4 is 29.5 Å². The van der Waals surface area contributed by atoms with Gasteiger partial charge in [0, 0.05) is 17.3 Å². The van der Waals surface area contributed by atoms with E-state index in [0.717, 1.165) is 0 Å². The molecule has 0 aliphatic carbocycles. The molecule has 164 valence electrons. The second-order valence-electron chi connectivity index (χ2n) is 9.53. The number of fused-ring (bicyclic) bond motifs is 2. The summed E-state index contributed by atoms with van der Waals surface area (Å²) in [6.07, 6.45) is 8.57. The zero-order chi connectivity index (χ0) is 21.8. The molecule has 4 aliphatic rings. The molecule has 0 bridgehead atoms. The van der Waals surface area contributed by atoms with Crippen LogP contribution in [0.1, 0.15) is 34.1 Å². The number of nitrogens with zero attached hydrogens (tertiary/aromatic N) is 2. The van der Waals surface area contributed by atoms with Crippen molar-refractivity contribution in [2.24, 2.45) is 11.8 Å². The van der Waals surface area contributed by atoms with E-state index in [1.165, 1.54) is 16.7 Å². The molecule has 0 saturated carbocycles. The lowest BCUT2D eigenvalue weighted by Gasteiger charge is -2.41. The first-order valence-corrected chi connectivity index (χ1v) is 11.4. The molecule has 0 aromatic rings. The van der Waals surface area contributed by atoms with Crippen LogP contribution in [0.4, 0.5) is 0 Å². The van der Waals surface area contributed by atoms with Gasteiger partial charge in [0.15, 0.2) is 0 Å². The molecule has 8 heteroatoms. The lowest BCUT2D eigenvalue weighted by atomic mass is 9.78. The minimum atomic E-state index is -0.860. The van der Waals surface area contributed by atoms with E-state index in [2.05, 4.69) is 0 Å². The molecule has 0 radical (unpaired) electrons. The third-order valence-electron chi connectivity index (χ3n) is 6.61. The van der Waals surface area contributed by atoms with Gasteiger partial charge in [0.25, 0.3) is 0 Å². The molecular formula is C22H30N2O5S. The summed E-state index contributed by atoms with van der Waals surface area (Å²) >= 11 is 1.52. The Kier molecular flexibility index (Phi) is 5.29. The number of aliphatic hydroxyl groups excluding tert-OH is 1. The van der Waals surface area contributed by atoms with Gasteiger partial charge in [-0.3, -0.25) is 14.4 Å². The molecular weight excluding hydrogens is 404 g/mol. The molecule has 1 unspecified atom stereocenters. The number of cyclic esters (lactones) is 1. The minimum absolute atomic E-state index is 0.136. The van der Waals surface area contributed by atoms with E-state index in [4.69, 9.17) is 4.74 Å². The summed E-state index contributed by atoms with van der Waals surface area (Å²) in [4.78, 5) is 43.8. The average molecular weight is 435 g/mol. The van der Waals surface area contributed by atoms with E-state index in [1.807, 2.05) is 45.1 Å². The highest BCUT2D eigenvalue weighted by atomic mass is 32.2. The molecule has 30 heavy (non-hydrogen) atoms. The molecule has 4 rings (SSSR count). The normalized spacial score (nSPS) is 37.2. The fraction of sp³-hybridized carbons (Fsp3) is 0.682. The molecule has 4 aliphatic heterocycles. The summed E-state index contributed by atoms with van der Waals surface area (Å²) in [7, 11) is 0. The van der Waals surface area contributed by atoms with Gasteiger partial charge in [0.1, 0.15) is 6.04 Å². The maximum absolute atomic E-state index is 13.9. The number of ether oxygens (including phenoxy) is 1. The van der Waals surface area contributed by atoms with E-state index >= 15 is 0 Å². The average Bonchev–Trinajstić information content (AvgIpc) is 3.04. The van der Waals surface area contributed by atoms with Crippen molar-refractivity contribution in [3.63, 3.8) is 0 Å². The number of rotatable bonds is 2. The SMILES string of the molecule is C[C@H](CO)N1C(=O)[C@@H]2[C@@H]3C(=O)OCCC=C[C@@H]3S[C@@]23C=CCN(C(C)(C)C)C(=O)C13. The molecule has 4 heterocycles. The van der Waals surface area contributed by atoms with Gasteiger partial charge >= 0.3 is 5.97 Å². The minimum Gasteiger partial charge on any atom is -0.465 e. The number of hydrogen-bond donors (Lipinski definition) is 1. The first-order valence-electron chi connectivity index (χ1n) is 10.6. The van der Waals surface area contributed by atoms with Crippen LogP contribution >= 0.6 is 11.8 Å². The first-order chi connectivity index (χ1) is 14.1. The summed E-state index contributed by atoms with van der Waals surface area (Å²) in [5.41, 5.74) is -0.425. The Morgan fingerprint density at radius 1 is 1.27 bits per heavy atom.